The number of aliphatic hydroxyl groups excluding tert-OH is 1. The number of halogens is 4. The molecular weight excluding hydrogens is 816 g/mol. The van der Waals surface area contributed by atoms with E-state index in [0.29, 0.717) is 4.44 Å². The van der Waals surface area contributed by atoms with Gasteiger partial charge >= 0.3 is 162 Å². The van der Waals surface area contributed by atoms with Gasteiger partial charge in [-0.3, -0.25) is 4.79 Å². The van der Waals surface area contributed by atoms with Gasteiger partial charge in [-0.05, 0) is 25.7 Å². The number of alkyl halides is 3. The number of allylic oxidation sites excluding steroid dienone is 2. The van der Waals surface area contributed by atoms with Crippen LogP contribution in [0.25, 0.3) is 41.5 Å². The third-order valence-corrected chi connectivity index (χ3v) is 9.92. The second-order valence-corrected chi connectivity index (χ2v) is 12.4. The van der Waals surface area contributed by atoms with E-state index >= 15 is 4.39 Å². The first kappa shape index (κ1) is 35.6. The Kier molecular flexibility index (Phi) is 12.4. The molecule has 1 radical (unpaired) electrons. The molecule has 0 saturated carbocycles. The van der Waals surface area contributed by atoms with Crippen molar-refractivity contribution in [3.8, 4) is 10.1 Å². The van der Waals surface area contributed by atoms with Crippen LogP contribution in [0.5, 0.6) is 0 Å². The van der Waals surface area contributed by atoms with Crippen LogP contribution in [0.3, 0.4) is 0 Å². The van der Waals surface area contributed by atoms with E-state index in [1.165, 1.54) is 30.3 Å². The number of aliphatic hydroxyl groups is 1. The van der Waals surface area contributed by atoms with Crippen molar-refractivity contribution < 1.29 is 47.6 Å². The maximum Gasteiger partial charge on any atom is 0 e. The van der Waals surface area contributed by atoms with Gasteiger partial charge in [0.2, 0.25) is 0 Å². The molecule has 0 spiro atoms. The molecule has 0 fully saturated rings. The van der Waals surface area contributed by atoms with E-state index in [9.17, 15) is 23.1 Å². The zero-order chi connectivity index (χ0) is 31.3. The molecule has 2 heterocycles. The summed E-state index contributed by atoms with van der Waals surface area (Å²) in [5.74, 6) is -0.193. The minimum absolute atomic E-state index is 0. The molecule has 0 amide bonds. The number of ketones is 1. The van der Waals surface area contributed by atoms with Crippen LogP contribution in [-0.4, -0.2) is 35.4 Å². The molecule has 5 rings (SSSR count). The van der Waals surface area contributed by atoms with E-state index in [2.05, 4.69) is 16.0 Å². The monoisotopic (exact) mass is 850 g/mol. The first-order chi connectivity index (χ1) is 20.5. The summed E-state index contributed by atoms with van der Waals surface area (Å²) >= 11 is -0.228. The summed E-state index contributed by atoms with van der Waals surface area (Å²) in [5.41, 5.74) is -1.18. The summed E-state index contributed by atoms with van der Waals surface area (Å²) in [6.07, 6.45) is 1.29. The zero-order valence-electron chi connectivity index (χ0n) is 24.8. The quantitative estimate of drug-likeness (QED) is 0.0423. The van der Waals surface area contributed by atoms with Crippen LogP contribution >= 0.6 is 0 Å². The van der Waals surface area contributed by atoms with Crippen molar-refractivity contribution in [1.29, 1.82) is 0 Å². The summed E-state index contributed by atoms with van der Waals surface area (Å²) in [6, 6.07) is 16.3. The third-order valence-electron chi connectivity index (χ3n) is 7.66. The molecule has 0 aliphatic rings. The van der Waals surface area contributed by atoms with Gasteiger partial charge in [-0.1, -0.05) is 27.7 Å². The number of carbonyl (C=O) groups is 1. The molecule has 0 bridgehead atoms. The Bertz CT molecular complexity index is 1740. The van der Waals surface area contributed by atoms with Crippen molar-refractivity contribution in [2.45, 2.75) is 59.6 Å². The SMILES string of the molecule is CCC(CC)C(=O)/C=C(\O)C(CC)CC.Fc1c2ccccc2c(C(F)(F)F)c2ncnc(-c3[c-]c4ccccc4[se]3)c12.[Ir]. The standard InChI is InChI=1S/C21H9F4N2Se.C13H24O2.Ir/c22-18-13-7-3-2-6-12(13)17(21(23,24)25)20-16(18)19(26-10-27-20)15-9-11-5-1-4-8-14(11)28-15;1-5-10(6-2)12(14)9-13(15)11(7-3)8-4;/h1-8,10H;9-11,14H,5-8H2,1-4H3;/q-1;;/b;12-9-;. The van der Waals surface area contributed by atoms with Gasteiger partial charge in [0, 0.05) is 38.0 Å². The number of hydrogen-bond acceptors (Lipinski definition) is 4. The molecule has 5 aromatic rings. The molecule has 4 nitrogen and oxygen atoms in total. The Hall–Kier alpha value is -2.90. The molecule has 2 aromatic heterocycles. The van der Waals surface area contributed by atoms with Gasteiger partial charge in [0.15, 0.2) is 5.78 Å². The molecule has 0 aliphatic carbocycles. The van der Waals surface area contributed by atoms with Crippen molar-refractivity contribution in [3.05, 3.63) is 84.1 Å². The average molecular weight is 849 g/mol. The van der Waals surface area contributed by atoms with E-state index in [1.54, 1.807) is 0 Å². The van der Waals surface area contributed by atoms with Gasteiger partial charge in [-0.15, -0.1) is 0 Å². The zero-order valence-corrected chi connectivity index (χ0v) is 28.9. The third kappa shape index (κ3) is 7.48. The molecule has 1 N–H and O–H groups in total. The van der Waals surface area contributed by atoms with Gasteiger partial charge in [0.05, 0.1) is 5.76 Å². The van der Waals surface area contributed by atoms with Crippen LogP contribution in [0.4, 0.5) is 17.6 Å². The molecule has 0 saturated heterocycles. The Morgan fingerprint density at radius 2 is 1.52 bits per heavy atom. The van der Waals surface area contributed by atoms with E-state index < -0.39 is 23.1 Å². The van der Waals surface area contributed by atoms with Crippen molar-refractivity contribution in [2.75, 3.05) is 0 Å². The van der Waals surface area contributed by atoms with Crippen LogP contribution in [-0.2, 0) is 31.1 Å². The second kappa shape index (κ2) is 15.4. The number of nitrogens with zero attached hydrogens (tertiary/aromatic N) is 2. The van der Waals surface area contributed by atoms with Gasteiger partial charge in [0.25, 0.3) is 0 Å². The molecule has 0 atom stereocenters. The first-order valence-corrected chi connectivity index (χ1v) is 16.0. The van der Waals surface area contributed by atoms with Crippen molar-refractivity contribution >= 4 is 51.6 Å². The minimum atomic E-state index is -4.68. The van der Waals surface area contributed by atoms with E-state index in [1.807, 2.05) is 52.0 Å². The van der Waals surface area contributed by atoms with Crippen molar-refractivity contribution in [2.24, 2.45) is 11.8 Å². The molecule has 3 aromatic carbocycles. The fourth-order valence-corrected chi connectivity index (χ4v) is 7.32. The Labute approximate surface area is 273 Å². The second-order valence-electron chi connectivity index (χ2n) is 10.2. The molecule has 10 heteroatoms. The summed E-state index contributed by atoms with van der Waals surface area (Å²) in [6.45, 7) is 8.07. The number of fused-ring (bicyclic) bond motifs is 3. The number of aromatic nitrogens is 2. The first-order valence-electron chi connectivity index (χ1n) is 14.3. The molecular formula is C34H33F4IrN2O2Se-. The number of rotatable bonds is 8. The fourth-order valence-electron chi connectivity index (χ4n) is 5.20. The molecule has 0 unspecified atom stereocenters. The summed E-state index contributed by atoms with van der Waals surface area (Å²) in [7, 11) is 0. The predicted octanol–water partition coefficient (Wildman–Crippen LogP) is 9.49. The van der Waals surface area contributed by atoms with Crippen molar-refractivity contribution in [1.82, 2.24) is 9.97 Å². The molecule has 44 heavy (non-hydrogen) atoms. The van der Waals surface area contributed by atoms with Crippen LogP contribution in [0, 0.1) is 23.7 Å². The van der Waals surface area contributed by atoms with E-state index in [0.717, 1.165) is 41.7 Å². The van der Waals surface area contributed by atoms with Crippen LogP contribution < -0.4 is 0 Å². The van der Waals surface area contributed by atoms with Crippen molar-refractivity contribution in [3.63, 3.8) is 0 Å². The van der Waals surface area contributed by atoms with Gasteiger partial charge < -0.3 is 5.11 Å². The van der Waals surface area contributed by atoms with Crippen LogP contribution in [0.15, 0.2) is 66.7 Å². The normalized spacial score (nSPS) is 12.1. The Morgan fingerprint density at radius 3 is 2.11 bits per heavy atom. The topological polar surface area (TPSA) is 63.1 Å². The Morgan fingerprint density at radius 1 is 0.932 bits per heavy atom. The summed E-state index contributed by atoms with van der Waals surface area (Å²) in [5, 5.41) is 10.1. The summed E-state index contributed by atoms with van der Waals surface area (Å²) < 4.78 is 58.8. The smallest absolute Gasteiger partial charge is 0 e. The molecule has 0 aliphatic heterocycles. The number of carbonyl (C=O) groups excluding carboxylic acids is 1. The maximum atomic E-state index is 15.4. The van der Waals surface area contributed by atoms with Gasteiger partial charge in [-0.2, -0.15) is 0 Å². The fraction of sp³-hybridized carbons (Fsp3) is 0.324. The minimum Gasteiger partial charge on any atom is 0 e. The van der Waals surface area contributed by atoms with Gasteiger partial charge in [0.1, 0.15) is 0 Å². The van der Waals surface area contributed by atoms with Gasteiger partial charge in [-0.25, -0.2) is 0 Å². The van der Waals surface area contributed by atoms with Crippen LogP contribution in [0.2, 0.25) is 0 Å². The number of benzene rings is 3. The molecule has 235 valence electrons. The van der Waals surface area contributed by atoms with Crippen LogP contribution in [0.1, 0.15) is 58.9 Å². The maximum absolute atomic E-state index is 15.4. The predicted molar refractivity (Wildman–Crippen MR) is 165 cm³/mol. The van der Waals surface area contributed by atoms with E-state index in [4.69, 9.17) is 0 Å². The average Bonchev–Trinajstić information content (AvgIpc) is 3.42. The number of hydrogen-bond donors (Lipinski definition) is 1. The Balaban J connectivity index is 0.000000286. The summed E-state index contributed by atoms with van der Waals surface area (Å²) in [4.78, 5) is 19.7. The van der Waals surface area contributed by atoms with E-state index in [-0.39, 0.29) is 79.8 Å². The largest absolute Gasteiger partial charge is 0 e.